The lowest BCUT2D eigenvalue weighted by Gasteiger charge is -2.10. The lowest BCUT2D eigenvalue weighted by atomic mass is 10.2. The third-order valence-corrected chi connectivity index (χ3v) is 5.05. The molecule has 3 aromatic rings. The Labute approximate surface area is 157 Å². The van der Waals surface area contributed by atoms with Crippen LogP contribution in [-0.4, -0.2) is 20.5 Å². The van der Waals surface area contributed by atoms with Crippen molar-refractivity contribution in [3.05, 3.63) is 72.4 Å². The fourth-order valence-corrected chi connectivity index (χ4v) is 3.28. The van der Waals surface area contributed by atoms with Crippen LogP contribution < -0.4 is 14.8 Å². The van der Waals surface area contributed by atoms with Crippen LogP contribution in [0.3, 0.4) is 0 Å². The molecule has 2 N–H and O–H groups in total. The van der Waals surface area contributed by atoms with Crippen molar-refractivity contribution < 1.29 is 13.2 Å². The van der Waals surface area contributed by atoms with Gasteiger partial charge in [-0.15, -0.1) is 0 Å². The van der Waals surface area contributed by atoms with E-state index in [0.29, 0.717) is 17.0 Å². The zero-order chi connectivity index (χ0) is 19.3. The van der Waals surface area contributed by atoms with Gasteiger partial charge in [0.15, 0.2) is 0 Å². The number of anilines is 3. The van der Waals surface area contributed by atoms with E-state index in [2.05, 4.69) is 21.1 Å². The Morgan fingerprint density at radius 1 is 0.963 bits per heavy atom. The average Bonchev–Trinajstić information content (AvgIpc) is 2.70. The number of nitriles is 1. The number of sulfonamides is 1. The quantitative estimate of drug-likeness (QED) is 0.678. The summed E-state index contributed by atoms with van der Waals surface area (Å²) in [4.78, 5) is 4.24. The minimum absolute atomic E-state index is 0.116. The Kier molecular flexibility index (Phi) is 5.24. The van der Waals surface area contributed by atoms with Crippen molar-refractivity contribution >= 4 is 27.2 Å². The van der Waals surface area contributed by atoms with Gasteiger partial charge in [0.05, 0.1) is 35.5 Å². The number of aromatic nitrogens is 1. The molecule has 0 aliphatic heterocycles. The Morgan fingerprint density at radius 3 is 2.19 bits per heavy atom. The number of pyridine rings is 1. The molecule has 136 valence electrons. The van der Waals surface area contributed by atoms with Crippen LogP contribution in [0.5, 0.6) is 5.75 Å². The predicted octanol–water partition coefficient (Wildman–Crippen LogP) is 3.51. The van der Waals surface area contributed by atoms with Gasteiger partial charge >= 0.3 is 0 Å². The Morgan fingerprint density at radius 2 is 1.63 bits per heavy atom. The van der Waals surface area contributed by atoms with Crippen LogP contribution >= 0.6 is 0 Å². The number of methoxy groups -OCH3 is 1. The molecule has 0 spiro atoms. The molecule has 0 fully saturated rings. The van der Waals surface area contributed by atoms with Gasteiger partial charge in [0, 0.05) is 5.69 Å². The maximum absolute atomic E-state index is 12.4. The predicted molar refractivity (Wildman–Crippen MR) is 102 cm³/mol. The normalized spacial score (nSPS) is 10.7. The van der Waals surface area contributed by atoms with Crippen LogP contribution in [0.15, 0.2) is 71.8 Å². The molecule has 1 heterocycles. The second-order valence-electron chi connectivity index (χ2n) is 5.53. The molecule has 3 rings (SSSR count). The summed E-state index contributed by atoms with van der Waals surface area (Å²) >= 11 is 0. The number of benzene rings is 2. The minimum Gasteiger partial charge on any atom is -0.497 e. The summed E-state index contributed by atoms with van der Waals surface area (Å²) in [6.07, 6.45) is 1.52. The standard InChI is InChI=1S/C19H16N4O3S/c1-26-17-7-9-18(10-8-17)27(24,25)23-19-11-6-16(13-21-19)22-15-4-2-14(12-20)3-5-15/h2-11,13,22H,1H3,(H,21,23). The molecule has 2 aromatic carbocycles. The Balaban J connectivity index is 1.69. The van der Waals surface area contributed by atoms with Crippen molar-refractivity contribution in [2.24, 2.45) is 0 Å². The molecule has 0 bridgehead atoms. The van der Waals surface area contributed by atoms with Gasteiger partial charge in [-0.25, -0.2) is 13.4 Å². The van der Waals surface area contributed by atoms with Crippen LogP contribution in [0.4, 0.5) is 17.2 Å². The fraction of sp³-hybridized carbons (Fsp3) is 0.0526. The number of ether oxygens (including phenoxy) is 1. The highest BCUT2D eigenvalue weighted by Crippen LogP contribution is 2.20. The molecular weight excluding hydrogens is 364 g/mol. The van der Waals surface area contributed by atoms with E-state index in [1.54, 1.807) is 48.5 Å². The zero-order valence-electron chi connectivity index (χ0n) is 14.4. The van der Waals surface area contributed by atoms with E-state index >= 15 is 0 Å². The van der Waals surface area contributed by atoms with Gasteiger partial charge in [0.1, 0.15) is 11.6 Å². The Hall–Kier alpha value is -3.57. The molecular formula is C19H16N4O3S. The lowest BCUT2D eigenvalue weighted by Crippen LogP contribution is -2.13. The molecule has 0 saturated heterocycles. The second kappa shape index (κ2) is 7.76. The summed E-state index contributed by atoms with van der Waals surface area (Å²) in [5.74, 6) is 0.779. The molecule has 0 unspecified atom stereocenters. The van der Waals surface area contributed by atoms with Gasteiger partial charge in [0.2, 0.25) is 0 Å². The SMILES string of the molecule is COc1ccc(S(=O)(=O)Nc2ccc(Nc3ccc(C#N)cc3)cn2)cc1. The summed E-state index contributed by atoms with van der Waals surface area (Å²) < 4.78 is 32.3. The fourth-order valence-electron chi connectivity index (χ4n) is 2.27. The van der Waals surface area contributed by atoms with Crippen molar-refractivity contribution in [2.75, 3.05) is 17.1 Å². The van der Waals surface area contributed by atoms with E-state index in [9.17, 15) is 8.42 Å². The van der Waals surface area contributed by atoms with E-state index in [4.69, 9.17) is 10.00 Å². The monoisotopic (exact) mass is 380 g/mol. The molecule has 0 atom stereocenters. The molecule has 0 aliphatic rings. The minimum atomic E-state index is -3.74. The molecule has 8 heteroatoms. The van der Waals surface area contributed by atoms with Crippen LogP contribution in [0.2, 0.25) is 0 Å². The van der Waals surface area contributed by atoms with E-state index < -0.39 is 10.0 Å². The highest BCUT2D eigenvalue weighted by Gasteiger charge is 2.14. The van der Waals surface area contributed by atoms with Crippen molar-refractivity contribution in [1.29, 1.82) is 5.26 Å². The first kappa shape index (κ1) is 18.2. The van der Waals surface area contributed by atoms with Crippen molar-refractivity contribution in [3.8, 4) is 11.8 Å². The van der Waals surface area contributed by atoms with Crippen LogP contribution in [0.25, 0.3) is 0 Å². The van der Waals surface area contributed by atoms with E-state index in [1.807, 2.05) is 0 Å². The highest BCUT2D eigenvalue weighted by atomic mass is 32.2. The third kappa shape index (κ3) is 4.54. The largest absolute Gasteiger partial charge is 0.497 e. The maximum atomic E-state index is 12.4. The van der Waals surface area contributed by atoms with Crippen LogP contribution in [0.1, 0.15) is 5.56 Å². The van der Waals surface area contributed by atoms with Crippen molar-refractivity contribution in [3.63, 3.8) is 0 Å². The molecule has 7 nitrogen and oxygen atoms in total. The first-order valence-corrected chi connectivity index (χ1v) is 9.38. The number of hydrogen-bond donors (Lipinski definition) is 2. The lowest BCUT2D eigenvalue weighted by molar-refractivity contribution is 0.414. The van der Waals surface area contributed by atoms with Crippen molar-refractivity contribution in [2.45, 2.75) is 4.90 Å². The van der Waals surface area contributed by atoms with Crippen LogP contribution in [0, 0.1) is 11.3 Å². The Bertz CT molecular complexity index is 1060. The number of hydrogen-bond acceptors (Lipinski definition) is 6. The first-order chi connectivity index (χ1) is 13.0. The van der Waals surface area contributed by atoms with Gasteiger partial charge in [0.25, 0.3) is 10.0 Å². The molecule has 0 amide bonds. The van der Waals surface area contributed by atoms with Crippen LogP contribution in [-0.2, 0) is 10.0 Å². The second-order valence-corrected chi connectivity index (χ2v) is 7.21. The van der Waals surface area contributed by atoms with Crippen molar-refractivity contribution in [1.82, 2.24) is 4.98 Å². The van der Waals surface area contributed by atoms with E-state index in [1.165, 1.54) is 25.4 Å². The van der Waals surface area contributed by atoms with E-state index in [-0.39, 0.29) is 10.7 Å². The molecule has 0 radical (unpaired) electrons. The van der Waals surface area contributed by atoms with Gasteiger partial charge in [-0.1, -0.05) is 0 Å². The highest BCUT2D eigenvalue weighted by molar-refractivity contribution is 7.92. The first-order valence-electron chi connectivity index (χ1n) is 7.90. The van der Waals surface area contributed by atoms with Gasteiger partial charge in [-0.05, 0) is 60.7 Å². The smallest absolute Gasteiger partial charge is 0.263 e. The summed E-state index contributed by atoms with van der Waals surface area (Å²) in [5.41, 5.74) is 2.05. The summed E-state index contributed by atoms with van der Waals surface area (Å²) in [7, 11) is -2.22. The van der Waals surface area contributed by atoms with Gasteiger partial charge in [-0.3, -0.25) is 4.72 Å². The molecule has 27 heavy (non-hydrogen) atoms. The number of nitrogens with one attached hydrogen (secondary N) is 2. The topological polar surface area (TPSA) is 104 Å². The maximum Gasteiger partial charge on any atom is 0.263 e. The summed E-state index contributed by atoms with van der Waals surface area (Å²) in [6, 6.07) is 18.4. The zero-order valence-corrected chi connectivity index (χ0v) is 15.2. The molecule has 1 aromatic heterocycles. The van der Waals surface area contributed by atoms with E-state index in [0.717, 1.165) is 5.69 Å². The molecule has 0 saturated carbocycles. The number of rotatable bonds is 6. The number of nitrogens with zero attached hydrogens (tertiary/aromatic N) is 2. The van der Waals surface area contributed by atoms with Gasteiger partial charge < -0.3 is 10.1 Å². The summed E-state index contributed by atoms with van der Waals surface area (Å²) in [5, 5.41) is 11.9. The summed E-state index contributed by atoms with van der Waals surface area (Å²) in [6.45, 7) is 0. The molecule has 0 aliphatic carbocycles. The average molecular weight is 380 g/mol. The third-order valence-electron chi connectivity index (χ3n) is 3.67. The van der Waals surface area contributed by atoms with Gasteiger partial charge in [-0.2, -0.15) is 5.26 Å².